The fourth-order valence-electron chi connectivity index (χ4n) is 3.38. The van der Waals surface area contributed by atoms with Gasteiger partial charge in [0.2, 0.25) is 5.91 Å². The Kier molecular flexibility index (Phi) is 6.33. The van der Waals surface area contributed by atoms with E-state index in [1.165, 1.54) is 0 Å². The van der Waals surface area contributed by atoms with Gasteiger partial charge < -0.3 is 10.6 Å². The molecular formula is C22H20F4N4O2. The largest absolute Gasteiger partial charge is 0.434 e. The van der Waals surface area contributed by atoms with Gasteiger partial charge in [-0.1, -0.05) is 17.7 Å². The van der Waals surface area contributed by atoms with Crippen LogP contribution in [0.15, 0.2) is 42.6 Å². The number of halogens is 4. The molecule has 0 saturated heterocycles. The van der Waals surface area contributed by atoms with E-state index in [0.29, 0.717) is 10.4 Å². The molecule has 0 unspecified atom stereocenters. The average Bonchev–Trinajstić information content (AvgIpc) is 3.15. The minimum absolute atomic E-state index is 0.0687. The van der Waals surface area contributed by atoms with Gasteiger partial charge in [0.15, 0.2) is 5.69 Å². The Morgan fingerprint density at radius 2 is 1.62 bits per heavy atom. The molecule has 0 fully saturated rings. The molecule has 0 aliphatic carbocycles. The smallest absolute Gasteiger partial charge is 0.343 e. The van der Waals surface area contributed by atoms with Crippen molar-refractivity contribution in [3.05, 3.63) is 76.4 Å². The number of aromatic nitrogens is 2. The highest BCUT2D eigenvalue weighted by Crippen LogP contribution is 2.33. The first kappa shape index (κ1) is 23.0. The van der Waals surface area contributed by atoms with E-state index in [1.54, 1.807) is 0 Å². The standard InChI is InChI=1S/C22H20F4N4O2/c1-12-8-13(2)19(14(3)9-12)29-18(31)11-27-21(32)17-10-28-30(20(17)22(24,25)26)16-6-4-15(23)5-7-16/h4-10H,11H2,1-3H3,(H,27,32)(H,29,31). The highest BCUT2D eigenvalue weighted by atomic mass is 19.4. The summed E-state index contributed by atoms with van der Waals surface area (Å²) in [6.45, 7) is 5.00. The minimum atomic E-state index is -4.92. The van der Waals surface area contributed by atoms with Crippen molar-refractivity contribution in [2.45, 2.75) is 26.9 Å². The lowest BCUT2D eigenvalue weighted by atomic mass is 10.1. The van der Waals surface area contributed by atoms with Crippen molar-refractivity contribution in [1.82, 2.24) is 15.1 Å². The van der Waals surface area contributed by atoms with Gasteiger partial charge >= 0.3 is 6.18 Å². The number of benzene rings is 2. The summed E-state index contributed by atoms with van der Waals surface area (Å²) in [5, 5.41) is 8.50. The van der Waals surface area contributed by atoms with Crippen LogP contribution < -0.4 is 10.6 Å². The molecule has 0 radical (unpaired) electrons. The van der Waals surface area contributed by atoms with Crippen LogP contribution in [0, 0.1) is 26.6 Å². The molecule has 32 heavy (non-hydrogen) atoms. The zero-order valence-corrected chi connectivity index (χ0v) is 17.5. The summed E-state index contributed by atoms with van der Waals surface area (Å²) in [6.07, 6.45) is -4.16. The Morgan fingerprint density at radius 1 is 1.03 bits per heavy atom. The summed E-state index contributed by atoms with van der Waals surface area (Å²) >= 11 is 0. The molecule has 1 aromatic heterocycles. The number of carbonyl (C=O) groups excluding carboxylic acids is 2. The van der Waals surface area contributed by atoms with E-state index in [9.17, 15) is 27.2 Å². The number of hydrogen-bond donors (Lipinski definition) is 2. The third-order valence-corrected chi connectivity index (χ3v) is 4.70. The molecule has 0 aliphatic heterocycles. The highest BCUT2D eigenvalue weighted by Gasteiger charge is 2.40. The van der Waals surface area contributed by atoms with Crippen molar-refractivity contribution in [3.63, 3.8) is 0 Å². The highest BCUT2D eigenvalue weighted by molar-refractivity contribution is 6.00. The first-order valence-electron chi connectivity index (χ1n) is 9.54. The monoisotopic (exact) mass is 448 g/mol. The normalized spacial score (nSPS) is 11.3. The zero-order chi connectivity index (χ0) is 23.6. The van der Waals surface area contributed by atoms with Crippen LogP contribution in [-0.4, -0.2) is 28.1 Å². The van der Waals surface area contributed by atoms with Gasteiger partial charge in [-0.15, -0.1) is 0 Å². The average molecular weight is 448 g/mol. The molecule has 2 aromatic carbocycles. The summed E-state index contributed by atoms with van der Waals surface area (Å²) in [5.41, 5.74) is 1.09. The van der Waals surface area contributed by atoms with E-state index in [1.807, 2.05) is 32.9 Å². The maximum atomic E-state index is 13.7. The number of hydrogen-bond acceptors (Lipinski definition) is 3. The second kappa shape index (κ2) is 8.81. The molecular weight excluding hydrogens is 428 g/mol. The van der Waals surface area contributed by atoms with E-state index in [0.717, 1.165) is 47.2 Å². The fourth-order valence-corrected chi connectivity index (χ4v) is 3.38. The molecule has 1 heterocycles. The summed E-state index contributed by atoms with van der Waals surface area (Å²) in [4.78, 5) is 24.7. The van der Waals surface area contributed by atoms with Crippen LogP contribution in [0.25, 0.3) is 5.69 Å². The van der Waals surface area contributed by atoms with Gasteiger partial charge in [-0.05, 0) is 56.2 Å². The molecule has 0 atom stereocenters. The van der Waals surface area contributed by atoms with Gasteiger partial charge in [0.1, 0.15) is 5.82 Å². The molecule has 2 N–H and O–H groups in total. The van der Waals surface area contributed by atoms with Crippen molar-refractivity contribution in [2.24, 2.45) is 0 Å². The zero-order valence-electron chi connectivity index (χ0n) is 17.5. The maximum absolute atomic E-state index is 13.7. The van der Waals surface area contributed by atoms with Gasteiger partial charge in [-0.2, -0.15) is 18.3 Å². The number of alkyl halides is 3. The van der Waals surface area contributed by atoms with Crippen molar-refractivity contribution >= 4 is 17.5 Å². The lowest BCUT2D eigenvalue weighted by Crippen LogP contribution is -2.34. The van der Waals surface area contributed by atoms with Crippen LogP contribution in [0.4, 0.5) is 23.2 Å². The van der Waals surface area contributed by atoms with Crippen LogP contribution in [0.3, 0.4) is 0 Å². The first-order valence-corrected chi connectivity index (χ1v) is 9.54. The van der Waals surface area contributed by atoms with Crippen molar-refractivity contribution in [1.29, 1.82) is 0 Å². The predicted molar refractivity (Wildman–Crippen MR) is 110 cm³/mol. The second-order valence-corrected chi connectivity index (χ2v) is 7.30. The lowest BCUT2D eigenvalue weighted by Gasteiger charge is -2.14. The number of nitrogens with one attached hydrogen (secondary N) is 2. The molecule has 3 rings (SSSR count). The number of rotatable bonds is 5. The number of nitrogens with zero attached hydrogens (tertiary/aromatic N) is 2. The first-order chi connectivity index (χ1) is 15.0. The van der Waals surface area contributed by atoms with E-state index in [2.05, 4.69) is 15.7 Å². The van der Waals surface area contributed by atoms with Crippen molar-refractivity contribution < 1.29 is 27.2 Å². The maximum Gasteiger partial charge on any atom is 0.434 e. The summed E-state index contributed by atoms with van der Waals surface area (Å²) in [6, 6.07) is 7.94. The second-order valence-electron chi connectivity index (χ2n) is 7.30. The molecule has 2 amide bonds. The minimum Gasteiger partial charge on any atom is -0.343 e. The van der Waals surface area contributed by atoms with Gasteiger partial charge in [0.05, 0.1) is 24.0 Å². The summed E-state index contributed by atoms with van der Waals surface area (Å²) in [5.74, 6) is -2.33. The third kappa shape index (κ3) is 4.96. The van der Waals surface area contributed by atoms with Crippen LogP contribution >= 0.6 is 0 Å². The Morgan fingerprint density at radius 3 is 2.19 bits per heavy atom. The van der Waals surface area contributed by atoms with Crippen molar-refractivity contribution in [2.75, 3.05) is 11.9 Å². The van der Waals surface area contributed by atoms with Crippen LogP contribution in [0.1, 0.15) is 32.7 Å². The Labute approximate surface area is 181 Å². The molecule has 0 bridgehead atoms. The van der Waals surface area contributed by atoms with Gasteiger partial charge in [-0.25, -0.2) is 9.07 Å². The summed E-state index contributed by atoms with van der Waals surface area (Å²) in [7, 11) is 0. The van der Waals surface area contributed by atoms with Crippen LogP contribution in [-0.2, 0) is 11.0 Å². The van der Waals surface area contributed by atoms with Gasteiger partial charge in [0.25, 0.3) is 5.91 Å². The molecule has 168 valence electrons. The topological polar surface area (TPSA) is 76.0 Å². The fraction of sp³-hybridized carbons (Fsp3) is 0.227. The van der Waals surface area contributed by atoms with Crippen LogP contribution in [0.5, 0.6) is 0 Å². The summed E-state index contributed by atoms with van der Waals surface area (Å²) < 4.78 is 54.7. The molecule has 6 nitrogen and oxygen atoms in total. The molecule has 0 aliphatic rings. The molecule has 0 spiro atoms. The predicted octanol–water partition coefficient (Wildman–Crippen LogP) is 4.32. The van der Waals surface area contributed by atoms with E-state index >= 15 is 0 Å². The number of carbonyl (C=O) groups is 2. The van der Waals surface area contributed by atoms with E-state index in [4.69, 9.17) is 0 Å². The molecule has 3 aromatic rings. The third-order valence-electron chi connectivity index (χ3n) is 4.70. The SMILES string of the molecule is Cc1cc(C)c(NC(=O)CNC(=O)c2cnn(-c3ccc(F)cc3)c2C(F)(F)F)c(C)c1. The van der Waals surface area contributed by atoms with Gasteiger partial charge in [-0.3, -0.25) is 9.59 Å². The van der Waals surface area contributed by atoms with Crippen molar-refractivity contribution in [3.8, 4) is 5.69 Å². The van der Waals surface area contributed by atoms with Gasteiger partial charge in [0, 0.05) is 5.69 Å². The number of anilines is 1. The lowest BCUT2D eigenvalue weighted by molar-refractivity contribution is -0.143. The van der Waals surface area contributed by atoms with E-state index < -0.39 is 41.6 Å². The Hall–Kier alpha value is -3.69. The molecule has 0 saturated carbocycles. The van der Waals surface area contributed by atoms with E-state index in [-0.39, 0.29) is 5.69 Å². The number of aryl methyl sites for hydroxylation is 3. The number of amides is 2. The Bertz CT molecular complexity index is 1140. The quantitative estimate of drug-likeness (QED) is 0.571. The van der Waals surface area contributed by atoms with Crippen LogP contribution in [0.2, 0.25) is 0 Å². The molecule has 10 heteroatoms. The Balaban J connectivity index is 1.78.